The van der Waals surface area contributed by atoms with Gasteiger partial charge in [-0.25, -0.2) is 4.98 Å². The summed E-state index contributed by atoms with van der Waals surface area (Å²) in [6.45, 7) is 3.92. The van der Waals surface area contributed by atoms with E-state index in [2.05, 4.69) is 0 Å². The second-order valence-corrected chi connectivity index (χ2v) is 5.65. The van der Waals surface area contributed by atoms with Crippen molar-refractivity contribution in [2.24, 2.45) is 12.8 Å². The van der Waals surface area contributed by atoms with Gasteiger partial charge in [-0.1, -0.05) is 6.07 Å². The Kier molecular flexibility index (Phi) is 2.71. The van der Waals surface area contributed by atoms with E-state index in [1.54, 1.807) is 4.57 Å². The van der Waals surface area contributed by atoms with E-state index in [9.17, 15) is 4.79 Å². The van der Waals surface area contributed by atoms with E-state index in [1.165, 1.54) is 0 Å². The van der Waals surface area contributed by atoms with Crippen LogP contribution < -0.4 is 11.3 Å². The Labute approximate surface area is 112 Å². The molecule has 2 aromatic rings. The van der Waals surface area contributed by atoms with Gasteiger partial charge in [0.15, 0.2) is 0 Å². The maximum Gasteiger partial charge on any atom is 0.261 e. The highest BCUT2D eigenvalue weighted by atomic mass is 16.1. The van der Waals surface area contributed by atoms with Gasteiger partial charge >= 0.3 is 0 Å². The van der Waals surface area contributed by atoms with Gasteiger partial charge in [-0.2, -0.15) is 0 Å². The largest absolute Gasteiger partial charge is 0.324 e. The van der Waals surface area contributed by atoms with Crippen LogP contribution in [0, 0.1) is 6.92 Å². The highest BCUT2D eigenvalue weighted by Gasteiger charge is 2.28. The predicted octanol–water partition coefficient (Wildman–Crippen LogP) is 2.14. The number of rotatable bonds is 2. The molecule has 0 spiro atoms. The number of hydrogen-bond donors (Lipinski definition) is 1. The van der Waals surface area contributed by atoms with Crippen LogP contribution in [-0.4, -0.2) is 9.55 Å². The van der Waals surface area contributed by atoms with Crippen molar-refractivity contribution in [2.45, 2.75) is 38.6 Å². The van der Waals surface area contributed by atoms with E-state index in [0.29, 0.717) is 11.3 Å². The Bertz CT molecular complexity index is 711. The summed E-state index contributed by atoms with van der Waals surface area (Å²) in [5, 5.41) is 0.680. The molecule has 0 saturated heterocycles. The van der Waals surface area contributed by atoms with Crippen LogP contribution in [0.25, 0.3) is 10.9 Å². The van der Waals surface area contributed by atoms with Crippen LogP contribution in [0.15, 0.2) is 16.9 Å². The summed E-state index contributed by atoms with van der Waals surface area (Å²) in [6.07, 6.45) is 2.26. The van der Waals surface area contributed by atoms with Gasteiger partial charge in [0.25, 0.3) is 5.56 Å². The second-order valence-electron chi connectivity index (χ2n) is 5.65. The van der Waals surface area contributed by atoms with Gasteiger partial charge in [-0.3, -0.25) is 9.36 Å². The summed E-state index contributed by atoms with van der Waals surface area (Å²) in [4.78, 5) is 17.2. The molecule has 2 N–H and O–H groups in total. The molecule has 100 valence electrons. The molecule has 3 rings (SSSR count). The summed E-state index contributed by atoms with van der Waals surface area (Å²) in [5.41, 5.74) is 8.87. The molecule has 1 aromatic heterocycles. The SMILES string of the molecule is Cc1cc([C@@H](C)N)c2nc(C3CC3)n(C)c(=O)c2c1. The quantitative estimate of drug-likeness (QED) is 0.896. The van der Waals surface area contributed by atoms with Crippen molar-refractivity contribution >= 4 is 10.9 Å². The van der Waals surface area contributed by atoms with E-state index in [1.807, 2.05) is 33.0 Å². The molecule has 19 heavy (non-hydrogen) atoms. The first-order valence-electron chi connectivity index (χ1n) is 6.75. The molecular weight excluding hydrogens is 238 g/mol. The normalized spacial score (nSPS) is 16.8. The molecule has 4 nitrogen and oxygen atoms in total. The summed E-state index contributed by atoms with van der Waals surface area (Å²) >= 11 is 0. The highest BCUT2D eigenvalue weighted by Crippen LogP contribution is 2.39. The molecular formula is C15H19N3O. The number of aromatic nitrogens is 2. The number of nitrogens with two attached hydrogens (primary N) is 1. The third kappa shape index (κ3) is 1.96. The van der Waals surface area contributed by atoms with Crippen LogP contribution in [-0.2, 0) is 7.05 Å². The van der Waals surface area contributed by atoms with Crippen molar-refractivity contribution in [3.63, 3.8) is 0 Å². The molecule has 0 bridgehead atoms. The number of fused-ring (bicyclic) bond motifs is 1. The lowest BCUT2D eigenvalue weighted by Gasteiger charge is -2.14. The van der Waals surface area contributed by atoms with Crippen molar-refractivity contribution in [1.29, 1.82) is 0 Å². The molecule has 1 fully saturated rings. The fraction of sp³-hybridized carbons (Fsp3) is 0.467. The van der Waals surface area contributed by atoms with Gasteiger partial charge in [0, 0.05) is 19.0 Å². The average molecular weight is 257 g/mol. The average Bonchev–Trinajstić information content (AvgIpc) is 3.17. The lowest BCUT2D eigenvalue weighted by atomic mass is 10.0. The molecule has 4 heteroatoms. The number of hydrogen-bond acceptors (Lipinski definition) is 3. The second kappa shape index (κ2) is 4.17. The van der Waals surface area contributed by atoms with Gasteiger partial charge in [0.1, 0.15) is 5.82 Å². The van der Waals surface area contributed by atoms with Crippen LogP contribution in [0.5, 0.6) is 0 Å². The van der Waals surface area contributed by atoms with Crippen molar-refractivity contribution < 1.29 is 0 Å². The van der Waals surface area contributed by atoms with Crippen molar-refractivity contribution in [3.8, 4) is 0 Å². The van der Waals surface area contributed by atoms with Gasteiger partial charge in [-0.05, 0) is 43.9 Å². The molecule has 1 aromatic carbocycles. The van der Waals surface area contributed by atoms with Crippen molar-refractivity contribution in [2.75, 3.05) is 0 Å². The van der Waals surface area contributed by atoms with Gasteiger partial charge in [0.2, 0.25) is 0 Å². The maximum atomic E-state index is 12.5. The van der Waals surface area contributed by atoms with E-state index in [4.69, 9.17) is 10.7 Å². The third-order valence-corrected chi connectivity index (χ3v) is 3.82. The van der Waals surface area contributed by atoms with E-state index in [-0.39, 0.29) is 11.6 Å². The third-order valence-electron chi connectivity index (χ3n) is 3.82. The van der Waals surface area contributed by atoms with Crippen molar-refractivity contribution in [1.82, 2.24) is 9.55 Å². The van der Waals surface area contributed by atoms with Gasteiger partial charge in [-0.15, -0.1) is 0 Å². The fourth-order valence-electron chi connectivity index (χ4n) is 2.62. The number of aryl methyl sites for hydroxylation is 1. The number of nitrogens with zero attached hydrogens (tertiary/aromatic N) is 2. The number of benzene rings is 1. The topological polar surface area (TPSA) is 60.9 Å². The van der Waals surface area contributed by atoms with Gasteiger partial charge in [0.05, 0.1) is 10.9 Å². The Morgan fingerprint density at radius 1 is 1.42 bits per heavy atom. The standard InChI is InChI=1S/C15H19N3O/c1-8-6-11(9(2)16)13-12(7-8)15(19)18(3)14(17-13)10-4-5-10/h6-7,9-10H,4-5,16H2,1-3H3/t9-/m1/s1. The first-order valence-corrected chi connectivity index (χ1v) is 6.75. The fourth-order valence-corrected chi connectivity index (χ4v) is 2.62. The Morgan fingerprint density at radius 3 is 2.68 bits per heavy atom. The minimum absolute atomic E-state index is 0.0394. The first-order chi connectivity index (χ1) is 8.99. The Hall–Kier alpha value is -1.68. The molecule has 1 atom stereocenters. The van der Waals surface area contributed by atoms with Crippen LogP contribution in [0.4, 0.5) is 0 Å². The lowest BCUT2D eigenvalue weighted by molar-refractivity contribution is 0.740. The van der Waals surface area contributed by atoms with Gasteiger partial charge < -0.3 is 5.73 Å². The predicted molar refractivity (Wildman–Crippen MR) is 76.3 cm³/mol. The zero-order chi connectivity index (χ0) is 13.7. The van der Waals surface area contributed by atoms with Crippen LogP contribution in [0.1, 0.15) is 48.7 Å². The molecule has 0 amide bonds. The molecule has 0 unspecified atom stereocenters. The Morgan fingerprint density at radius 2 is 2.11 bits per heavy atom. The lowest BCUT2D eigenvalue weighted by Crippen LogP contribution is -2.23. The molecule has 1 saturated carbocycles. The zero-order valence-electron chi connectivity index (χ0n) is 11.6. The summed E-state index contributed by atoms with van der Waals surface area (Å²) in [7, 11) is 1.82. The minimum atomic E-state index is -0.117. The zero-order valence-corrected chi connectivity index (χ0v) is 11.6. The van der Waals surface area contributed by atoms with Crippen LogP contribution in [0.2, 0.25) is 0 Å². The molecule has 0 aliphatic heterocycles. The van der Waals surface area contributed by atoms with Crippen LogP contribution in [0.3, 0.4) is 0 Å². The minimum Gasteiger partial charge on any atom is -0.324 e. The molecule has 0 radical (unpaired) electrons. The molecule has 1 heterocycles. The summed E-state index contributed by atoms with van der Waals surface area (Å²) < 4.78 is 1.70. The van der Waals surface area contributed by atoms with Crippen molar-refractivity contribution in [3.05, 3.63) is 39.4 Å². The first kappa shape index (κ1) is 12.4. The van der Waals surface area contributed by atoms with Crippen LogP contribution >= 0.6 is 0 Å². The monoisotopic (exact) mass is 257 g/mol. The van der Waals surface area contributed by atoms with E-state index >= 15 is 0 Å². The van der Waals surface area contributed by atoms with E-state index in [0.717, 1.165) is 35.3 Å². The maximum absolute atomic E-state index is 12.5. The molecule has 1 aliphatic carbocycles. The Balaban J connectivity index is 2.41. The highest BCUT2D eigenvalue weighted by molar-refractivity contribution is 5.82. The smallest absolute Gasteiger partial charge is 0.261 e. The van der Waals surface area contributed by atoms with E-state index < -0.39 is 0 Å². The molecule has 1 aliphatic rings. The summed E-state index contributed by atoms with van der Waals surface area (Å²) in [6, 6.07) is 3.83. The summed E-state index contributed by atoms with van der Waals surface area (Å²) in [5.74, 6) is 1.35.